The van der Waals surface area contributed by atoms with Gasteiger partial charge in [-0.3, -0.25) is 4.79 Å². The fourth-order valence-electron chi connectivity index (χ4n) is 1.49. The molecule has 1 unspecified atom stereocenters. The average molecular weight is 212 g/mol. The van der Waals surface area contributed by atoms with Gasteiger partial charge in [0, 0.05) is 12.5 Å². The van der Waals surface area contributed by atoms with Gasteiger partial charge in [0.05, 0.1) is 0 Å². The summed E-state index contributed by atoms with van der Waals surface area (Å²) >= 11 is 0. The summed E-state index contributed by atoms with van der Waals surface area (Å²) in [7, 11) is 0. The maximum absolute atomic E-state index is 10.5. The summed E-state index contributed by atoms with van der Waals surface area (Å²) < 4.78 is 0. The Kier molecular flexibility index (Phi) is 9.18. The summed E-state index contributed by atoms with van der Waals surface area (Å²) in [6, 6.07) is -0.0475. The summed E-state index contributed by atoms with van der Waals surface area (Å²) in [6.45, 7) is 2.14. The van der Waals surface area contributed by atoms with Crippen LogP contribution in [0, 0.1) is 0 Å². The molecular weight excluding hydrogens is 188 g/mol. The maximum Gasteiger partial charge on any atom is 0.218 e. The molecule has 0 spiro atoms. The van der Waals surface area contributed by atoms with E-state index >= 15 is 0 Å². The van der Waals surface area contributed by atoms with E-state index in [1.165, 1.54) is 12.8 Å². The molecule has 88 valence electrons. The van der Waals surface area contributed by atoms with E-state index < -0.39 is 0 Å². The van der Waals surface area contributed by atoms with Crippen molar-refractivity contribution in [2.75, 3.05) is 0 Å². The highest BCUT2D eigenvalue weighted by atomic mass is 16.1. The van der Waals surface area contributed by atoms with Gasteiger partial charge in [0.1, 0.15) is 0 Å². The minimum absolute atomic E-state index is 0.0475. The first-order valence-corrected chi connectivity index (χ1v) is 5.85. The number of amides is 1. The molecule has 0 aromatic rings. The van der Waals surface area contributed by atoms with Crippen molar-refractivity contribution in [1.82, 2.24) is 0 Å². The van der Waals surface area contributed by atoms with Crippen LogP contribution in [0.4, 0.5) is 0 Å². The number of hydrogen-bond acceptors (Lipinski definition) is 2. The van der Waals surface area contributed by atoms with E-state index in [2.05, 4.69) is 19.1 Å². The van der Waals surface area contributed by atoms with E-state index in [4.69, 9.17) is 11.5 Å². The van der Waals surface area contributed by atoms with Gasteiger partial charge in [-0.25, -0.2) is 0 Å². The predicted molar refractivity (Wildman–Crippen MR) is 64.3 cm³/mol. The van der Waals surface area contributed by atoms with Crippen molar-refractivity contribution < 1.29 is 4.79 Å². The number of rotatable bonds is 9. The summed E-state index contributed by atoms with van der Waals surface area (Å²) in [5, 5.41) is 0. The number of unbranched alkanes of at least 4 members (excludes halogenated alkanes) is 3. The highest BCUT2D eigenvalue weighted by Gasteiger charge is 2.05. The second-order valence-electron chi connectivity index (χ2n) is 3.95. The number of hydrogen-bond donors (Lipinski definition) is 2. The third-order valence-corrected chi connectivity index (χ3v) is 2.31. The molecule has 0 aliphatic rings. The largest absolute Gasteiger partial charge is 0.370 e. The second-order valence-corrected chi connectivity index (χ2v) is 3.95. The molecule has 1 atom stereocenters. The van der Waals surface area contributed by atoms with Crippen LogP contribution >= 0.6 is 0 Å². The van der Waals surface area contributed by atoms with Gasteiger partial charge < -0.3 is 11.5 Å². The first-order valence-electron chi connectivity index (χ1n) is 5.85. The SMILES string of the molecule is CC/C=C\CCCCCC(N)CC(N)=O. The topological polar surface area (TPSA) is 69.1 Å². The zero-order valence-corrected chi connectivity index (χ0v) is 9.74. The van der Waals surface area contributed by atoms with Crippen molar-refractivity contribution in [2.24, 2.45) is 11.5 Å². The first kappa shape index (κ1) is 14.2. The van der Waals surface area contributed by atoms with Gasteiger partial charge in [-0.1, -0.05) is 31.9 Å². The van der Waals surface area contributed by atoms with Crippen LogP contribution in [0.25, 0.3) is 0 Å². The fraction of sp³-hybridized carbons (Fsp3) is 0.750. The number of primary amides is 1. The molecule has 0 heterocycles. The Bertz CT molecular complexity index is 190. The molecule has 3 nitrogen and oxygen atoms in total. The van der Waals surface area contributed by atoms with Crippen molar-refractivity contribution in [1.29, 1.82) is 0 Å². The van der Waals surface area contributed by atoms with Crippen LogP contribution < -0.4 is 11.5 Å². The second kappa shape index (κ2) is 9.71. The van der Waals surface area contributed by atoms with Crippen molar-refractivity contribution in [3.8, 4) is 0 Å². The molecule has 4 N–H and O–H groups in total. The van der Waals surface area contributed by atoms with Crippen LogP contribution in [0.5, 0.6) is 0 Å². The molecule has 0 aliphatic carbocycles. The Balaban J connectivity index is 3.23. The highest BCUT2D eigenvalue weighted by molar-refractivity contribution is 5.74. The molecule has 15 heavy (non-hydrogen) atoms. The molecule has 0 bridgehead atoms. The Labute approximate surface area is 92.9 Å². The zero-order valence-electron chi connectivity index (χ0n) is 9.74. The lowest BCUT2D eigenvalue weighted by atomic mass is 10.1. The van der Waals surface area contributed by atoms with Crippen LogP contribution in [0.15, 0.2) is 12.2 Å². The van der Waals surface area contributed by atoms with Gasteiger partial charge in [0.15, 0.2) is 0 Å². The van der Waals surface area contributed by atoms with Crippen LogP contribution in [0.3, 0.4) is 0 Å². The highest BCUT2D eigenvalue weighted by Crippen LogP contribution is 2.07. The number of nitrogens with two attached hydrogens (primary N) is 2. The van der Waals surface area contributed by atoms with Crippen LogP contribution in [0.2, 0.25) is 0 Å². The molecule has 0 aromatic carbocycles. The first-order chi connectivity index (χ1) is 7.16. The third-order valence-electron chi connectivity index (χ3n) is 2.31. The minimum atomic E-state index is -0.298. The van der Waals surface area contributed by atoms with Crippen molar-refractivity contribution in [3.63, 3.8) is 0 Å². The summed E-state index contributed by atoms with van der Waals surface area (Å²) in [5.74, 6) is -0.298. The molecule has 0 aliphatic heterocycles. The van der Waals surface area contributed by atoms with Gasteiger partial charge in [0.2, 0.25) is 5.91 Å². The van der Waals surface area contributed by atoms with Gasteiger partial charge in [-0.05, 0) is 25.7 Å². The van der Waals surface area contributed by atoms with Crippen molar-refractivity contribution >= 4 is 5.91 Å². The zero-order chi connectivity index (χ0) is 11.5. The minimum Gasteiger partial charge on any atom is -0.370 e. The smallest absolute Gasteiger partial charge is 0.218 e. The average Bonchev–Trinajstić information content (AvgIpc) is 2.15. The molecule has 0 radical (unpaired) electrons. The van der Waals surface area contributed by atoms with E-state index in [-0.39, 0.29) is 11.9 Å². The van der Waals surface area contributed by atoms with E-state index in [9.17, 15) is 4.79 Å². The molecule has 0 fully saturated rings. The van der Waals surface area contributed by atoms with E-state index in [1.54, 1.807) is 0 Å². The molecule has 0 saturated heterocycles. The number of carbonyl (C=O) groups is 1. The lowest BCUT2D eigenvalue weighted by molar-refractivity contribution is -0.118. The van der Waals surface area contributed by atoms with Gasteiger partial charge in [-0.15, -0.1) is 0 Å². The monoisotopic (exact) mass is 212 g/mol. The third kappa shape index (κ3) is 11.1. The van der Waals surface area contributed by atoms with E-state index in [0.29, 0.717) is 6.42 Å². The van der Waals surface area contributed by atoms with Crippen LogP contribution in [-0.4, -0.2) is 11.9 Å². The molecule has 0 rings (SSSR count). The maximum atomic E-state index is 10.5. The van der Waals surface area contributed by atoms with Crippen LogP contribution in [-0.2, 0) is 4.79 Å². The fourth-order valence-corrected chi connectivity index (χ4v) is 1.49. The van der Waals surface area contributed by atoms with Gasteiger partial charge >= 0.3 is 0 Å². The summed E-state index contributed by atoms with van der Waals surface area (Å²) in [6.07, 6.45) is 11.4. The summed E-state index contributed by atoms with van der Waals surface area (Å²) in [4.78, 5) is 10.5. The van der Waals surface area contributed by atoms with Gasteiger partial charge in [-0.2, -0.15) is 0 Å². The van der Waals surface area contributed by atoms with Crippen LogP contribution in [0.1, 0.15) is 51.9 Å². The van der Waals surface area contributed by atoms with E-state index in [1.807, 2.05) is 0 Å². The Hall–Kier alpha value is -0.830. The molecular formula is C12H24N2O. The molecule has 0 saturated carbocycles. The van der Waals surface area contributed by atoms with Gasteiger partial charge in [0.25, 0.3) is 0 Å². The van der Waals surface area contributed by atoms with Crippen molar-refractivity contribution in [3.05, 3.63) is 12.2 Å². The Morgan fingerprint density at radius 3 is 2.60 bits per heavy atom. The quantitative estimate of drug-likeness (QED) is 0.454. The Morgan fingerprint density at radius 2 is 2.00 bits per heavy atom. The number of carbonyl (C=O) groups excluding carboxylic acids is 1. The standard InChI is InChI=1S/C12H24N2O/c1-2-3-4-5-6-7-8-9-11(13)10-12(14)15/h3-4,11H,2,5-10,13H2,1H3,(H2,14,15)/b4-3-. The van der Waals surface area contributed by atoms with Crippen molar-refractivity contribution in [2.45, 2.75) is 57.9 Å². The Morgan fingerprint density at radius 1 is 1.27 bits per heavy atom. The predicted octanol–water partition coefficient (Wildman–Crippen LogP) is 2.11. The lowest BCUT2D eigenvalue weighted by Crippen LogP contribution is -2.27. The molecule has 1 amide bonds. The lowest BCUT2D eigenvalue weighted by Gasteiger charge is -2.08. The van der Waals surface area contributed by atoms with E-state index in [0.717, 1.165) is 25.7 Å². The summed E-state index contributed by atoms with van der Waals surface area (Å²) in [5.41, 5.74) is 10.8. The number of allylic oxidation sites excluding steroid dienone is 2. The molecule has 3 heteroatoms. The normalized spacial score (nSPS) is 13.2. The molecule has 0 aromatic heterocycles.